The lowest BCUT2D eigenvalue weighted by atomic mass is 10.1. The molecule has 3 nitrogen and oxygen atoms in total. The van der Waals surface area contributed by atoms with Crippen LogP contribution < -0.4 is 0 Å². The number of benzene rings is 6. The summed E-state index contributed by atoms with van der Waals surface area (Å²) in [6, 6.07) is 44.0. The fraction of sp³-hybridized carbons (Fsp3) is 0.0526. The molecule has 0 atom stereocenters. The fourth-order valence-electron chi connectivity index (χ4n) is 6.64. The highest BCUT2D eigenvalue weighted by Crippen LogP contribution is 2.41. The van der Waals surface area contributed by atoms with Gasteiger partial charge in [-0.2, -0.15) is 0 Å². The minimum Gasteiger partial charge on any atom is -0.456 e. The van der Waals surface area contributed by atoms with Crippen LogP contribution in [0.1, 0.15) is 11.1 Å². The summed E-state index contributed by atoms with van der Waals surface area (Å²) in [4.78, 5) is 0. The Morgan fingerprint density at radius 3 is 1.44 bits per heavy atom. The molecule has 0 spiro atoms. The number of hydrogen-bond acceptors (Lipinski definition) is 1. The standard InChI is InChI=1S/C38H26N2O/c1-23-11-15-25(16-12-23)39-34-10-6-4-8-28(34)30-21-37-32(20-35(30)39)31-19-29-27-7-3-5-9-33(27)40(36(29)22-38(31)41-37)26-17-13-24(2)14-18-26/h3-22H,1-2H3. The van der Waals surface area contributed by atoms with Gasteiger partial charge in [-0.05, 0) is 68.4 Å². The van der Waals surface area contributed by atoms with Gasteiger partial charge >= 0.3 is 0 Å². The Hall–Kier alpha value is -5.28. The molecule has 0 unspecified atom stereocenters. The van der Waals surface area contributed by atoms with Crippen LogP contribution in [0.5, 0.6) is 0 Å². The summed E-state index contributed by atoms with van der Waals surface area (Å²) in [6.07, 6.45) is 0. The van der Waals surface area contributed by atoms with E-state index in [1.54, 1.807) is 0 Å². The van der Waals surface area contributed by atoms with Crippen LogP contribution in [0.4, 0.5) is 0 Å². The first-order valence-corrected chi connectivity index (χ1v) is 14.1. The van der Waals surface area contributed by atoms with Crippen molar-refractivity contribution in [1.29, 1.82) is 0 Å². The lowest BCUT2D eigenvalue weighted by Gasteiger charge is -2.08. The van der Waals surface area contributed by atoms with Gasteiger partial charge in [0.15, 0.2) is 0 Å². The van der Waals surface area contributed by atoms with Crippen LogP contribution >= 0.6 is 0 Å². The average Bonchev–Trinajstić information content (AvgIpc) is 3.63. The van der Waals surface area contributed by atoms with E-state index in [2.05, 4.69) is 144 Å². The Labute approximate surface area is 236 Å². The molecule has 0 radical (unpaired) electrons. The van der Waals surface area contributed by atoms with E-state index in [1.165, 1.54) is 49.2 Å². The maximum absolute atomic E-state index is 6.63. The molecule has 3 heteroatoms. The van der Waals surface area contributed by atoms with E-state index < -0.39 is 0 Å². The molecule has 9 rings (SSSR count). The van der Waals surface area contributed by atoms with Gasteiger partial charge in [0, 0.05) is 49.8 Å². The van der Waals surface area contributed by atoms with Crippen LogP contribution in [0.25, 0.3) is 76.9 Å². The number of hydrogen-bond donors (Lipinski definition) is 0. The van der Waals surface area contributed by atoms with Crippen molar-refractivity contribution in [3.63, 3.8) is 0 Å². The summed E-state index contributed by atoms with van der Waals surface area (Å²) < 4.78 is 11.4. The molecular weight excluding hydrogens is 500 g/mol. The quantitative estimate of drug-likeness (QED) is 0.220. The van der Waals surface area contributed by atoms with Gasteiger partial charge in [-0.3, -0.25) is 0 Å². The molecule has 6 aromatic carbocycles. The Morgan fingerprint density at radius 2 is 0.854 bits per heavy atom. The Morgan fingerprint density at radius 1 is 0.390 bits per heavy atom. The predicted octanol–water partition coefficient (Wildman–Crippen LogP) is 10.4. The highest BCUT2D eigenvalue weighted by molar-refractivity contribution is 6.21. The van der Waals surface area contributed by atoms with Gasteiger partial charge < -0.3 is 13.6 Å². The van der Waals surface area contributed by atoms with Gasteiger partial charge in [0.05, 0.1) is 22.1 Å². The minimum absolute atomic E-state index is 0.905. The molecule has 41 heavy (non-hydrogen) atoms. The first kappa shape index (κ1) is 22.5. The third-order valence-electron chi connectivity index (χ3n) is 8.64. The molecule has 0 aliphatic rings. The number of nitrogens with zero attached hydrogens (tertiary/aromatic N) is 2. The third kappa shape index (κ3) is 3.14. The van der Waals surface area contributed by atoms with Crippen molar-refractivity contribution >= 4 is 65.6 Å². The highest BCUT2D eigenvalue weighted by atomic mass is 16.3. The Balaban J connectivity index is 1.39. The smallest absolute Gasteiger partial charge is 0.137 e. The number of furan rings is 1. The SMILES string of the molecule is Cc1ccc(-n2c3ccccc3c3cc4c(cc32)oc2cc3c5ccccc5n(-c5ccc(C)cc5)c3cc24)cc1. The van der Waals surface area contributed by atoms with Crippen LogP contribution in [-0.2, 0) is 0 Å². The normalized spacial score (nSPS) is 12.1. The van der Waals surface area contributed by atoms with Gasteiger partial charge in [0.2, 0.25) is 0 Å². The molecule has 3 aromatic heterocycles. The molecule has 0 saturated heterocycles. The van der Waals surface area contributed by atoms with Crippen LogP contribution in [0.2, 0.25) is 0 Å². The second kappa shape index (κ2) is 8.12. The largest absolute Gasteiger partial charge is 0.456 e. The van der Waals surface area contributed by atoms with E-state index in [0.717, 1.165) is 38.8 Å². The monoisotopic (exact) mass is 526 g/mol. The lowest BCUT2D eigenvalue weighted by molar-refractivity contribution is 0.670. The van der Waals surface area contributed by atoms with Crippen molar-refractivity contribution in [3.8, 4) is 11.4 Å². The number of aryl methyl sites for hydroxylation is 2. The topological polar surface area (TPSA) is 23.0 Å². The number of rotatable bonds is 2. The molecule has 3 heterocycles. The predicted molar refractivity (Wildman–Crippen MR) is 172 cm³/mol. The lowest BCUT2D eigenvalue weighted by Crippen LogP contribution is -1.93. The third-order valence-corrected chi connectivity index (χ3v) is 8.64. The summed E-state index contributed by atoms with van der Waals surface area (Å²) in [5, 5.41) is 7.18. The molecule has 9 aromatic rings. The molecule has 0 aliphatic carbocycles. The maximum Gasteiger partial charge on any atom is 0.137 e. The Kier molecular flexibility index (Phi) is 4.46. The molecule has 0 saturated carbocycles. The van der Waals surface area contributed by atoms with Crippen molar-refractivity contribution < 1.29 is 4.42 Å². The average molecular weight is 527 g/mol. The van der Waals surface area contributed by atoms with E-state index in [0.29, 0.717) is 0 Å². The summed E-state index contributed by atoms with van der Waals surface area (Å²) in [5.74, 6) is 0. The van der Waals surface area contributed by atoms with Crippen LogP contribution in [-0.4, -0.2) is 9.13 Å². The first-order valence-electron chi connectivity index (χ1n) is 14.1. The molecule has 0 fully saturated rings. The van der Waals surface area contributed by atoms with Crippen molar-refractivity contribution in [1.82, 2.24) is 9.13 Å². The van der Waals surface area contributed by atoms with Gasteiger partial charge in [-0.15, -0.1) is 0 Å². The summed E-state index contributed by atoms with van der Waals surface area (Å²) in [6.45, 7) is 4.26. The molecule has 0 aliphatic heterocycles. The van der Waals surface area contributed by atoms with E-state index >= 15 is 0 Å². The van der Waals surface area contributed by atoms with Crippen molar-refractivity contribution in [2.24, 2.45) is 0 Å². The zero-order valence-corrected chi connectivity index (χ0v) is 22.8. The maximum atomic E-state index is 6.63. The zero-order valence-electron chi connectivity index (χ0n) is 22.8. The van der Waals surface area contributed by atoms with Crippen molar-refractivity contribution in [3.05, 3.63) is 132 Å². The first-order chi connectivity index (χ1) is 20.1. The van der Waals surface area contributed by atoms with E-state index in [4.69, 9.17) is 4.42 Å². The minimum atomic E-state index is 0.905. The summed E-state index contributed by atoms with van der Waals surface area (Å²) in [7, 11) is 0. The van der Waals surface area contributed by atoms with E-state index in [-0.39, 0.29) is 0 Å². The summed E-state index contributed by atoms with van der Waals surface area (Å²) in [5.41, 5.74) is 11.4. The van der Waals surface area contributed by atoms with E-state index in [1.807, 2.05) is 0 Å². The van der Waals surface area contributed by atoms with E-state index in [9.17, 15) is 0 Å². The second-order valence-corrected chi connectivity index (χ2v) is 11.2. The van der Waals surface area contributed by atoms with Gasteiger partial charge in [0.1, 0.15) is 11.2 Å². The summed E-state index contributed by atoms with van der Waals surface area (Å²) >= 11 is 0. The van der Waals surface area contributed by atoms with Crippen LogP contribution in [0.3, 0.4) is 0 Å². The second-order valence-electron chi connectivity index (χ2n) is 11.2. The molecule has 0 amide bonds. The fourth-order valence-corrected chi connectivity index (χ4v) is 6.64. The van der Waals surface area contributed by atoms with Gasteiger partial charge in [-0.1, -0.05) is 71.8 Å². The molecule has 194 valence electrons. The van der Waals surface area contributed by atoms with Crippen molar-refractivity contribution in [2.75, 3.05) is 0 Å². The highest BCUT2D eigenvalue weighted by Gasteiger charge is 2.19. The van der Waals surface area contributed by atoms with Crippen molar-refractivity contribution in [2.45, 2.75) is 13.8 Å². The van der Waals surface area contributed by atoms with Gasteiger partial charge in [0.25, 0.3) is 0 Å². The zero-order chi connectivity index (χ0) is 27.2. The number of fused-ring (bicyclic) bond motifs is 9. The van der Waals surface area contributed by atoms with Crippen LogP contribution in [0, 0.1) is 13.8 Å². The molecule has 0 bridgehead atoms. The van der Waals surface area contributed by atoms with Gasteiger partial charge in [-0.25, -0.2) is 0 Å². The Bertz CT molecular complexity index is 2470. The molecule has 0 N–H and O–H groups in total. The molecular formula is C38H26N2O. The number of aromatic nitrogens is 2. The van der Waals surface area contributed by atoms with Crippen LogP contribution in [0.15, 0.2) is 126 Å². The number of para-hydroxylation sites is 2.